The van der Waals surface area contributed by atoms with Crippen LogP contribution in [-0.2, 0) is 11.3 Å². The molecule has 0 amide bonds. The van der Waals surface area contributed by atoms with Gasteiger partial charge < -0.3 is 13.9 Å². The van der Waals surface area contributed by atoms with Crippen molar-refractivity contribution in [2.45, 2.75) is 20.5 Å². The molecule has 2 heterocycles. The van der Waals surface area contributed by atoms with Gasteiger partial charge in [-0.05, 0) is 32.0 Å². The van der Waals surface area contributed by atoms with Crippen molar-refractivity contribution in [3.8, 4) is 16.3 Å². The van der Waals surface area contributed by atoms with E-state index >= 15 is 0 Å². The molecule has 124 valence electrons. The number of aromatic nitrogens is 1. The quantitative estimate of drug-likeness (QED) is 0.643. The smallest absolute Gasteiger partial charge is 0.342 e. The van der Waals surface area contributed by atoms with E-state index in [-0.39, 0.29) is 6.61 Å². The summed E-state index contributed by atoms with van der Waals surface area (Å²) in [6.07, 6.45) is 0. The van der Waals surface area contributed by atoms with Gasteiger partial charge in [-0.3, -0.25) is 0 Å². The summed E-state index contributed by atoms with van der Waals surface area (Å²) in [6, 6.07) is 9.37. The lowest BCUT2D eigenvalue weighted by atomic mass is 10.2. The molecule has 0 aliphatic rings. The zero-order valence-electron chi connectivity index (χ0n) is 13.7. The Hall–Kier alpha value is -2.60. The Labute approximate surface area is 143 Å². The van der Waals surface area contributed by atoms with Crippen molar-refractivity contribution in [3.63, 3.8) is 0 Å². The number of benzene rings is 1. The lowest BCUT2D eigenvalue weighted by Gasteiger charge is -2.02. The average Bonchev–Trinajstić information content (AvgIpc) is 3.19. The van der Waals surface area contributed by atoms with Crippen molar-refractivity contribution in [2.24, 2.45) is 0 Å². The number of carbonyl (C=O) groups excluding carboxylic acids is 1. The zero-order chi connectivity index (χ0) is 17.1. The fourth-order valence-electron chi connectivity index (χ4n) is 2.31. The second-order valence-electron chi connectivity index (χ2n) is 5.28. The van der Waals surface area contributed by atoms with E-state index in [4.69, 9.17) is 13.9 Å². The Kier molecular flexibility index (Phi) is 4.66. The SMILES string of the molecule is COc1cccc(-c2nc(COC(=O)c3cc(C)oc3C)cs2)c1. The lowest BCUT2D eigenvalue weighted by Crippen LogP contribution is -2.05. The van der Waals surface area contributed by atoms with Gasteiger partial charge in [0.05, 0.1) is 12.8 Å². The molecule has 1 aromatic carbocycles. The Morgan fingerprint density at radius 2 is 2.12 bits per heavy atom. The number of rotatable bonds is 5. The summed E-state index contributed by atoms with van der Waals surface area (Å²) in [5.41, 5.74) is 2.14. The standard InChI is InChI=1S/C18H17NO4S/c1-11-7-16(12(2)23-11)18(20)22-9-14-10-24-17(19-14)13-5-4-6-15(8-13)21-3/h4-8,10H,9H2,1-3H3. The Morgan fingerprint density at radius 3 is 2.83 bits per heavy atom. The summed E-state index contributed by atoms with van der Waals surface area (Å²) in [6.45, 7) is 3.67. The Bertz CT molecular complexity index is 866. The monoisotopic (exact) mass is 343 g/mol. The maximum absolute atomic E-state index is 12.1. The topological polar surface area (TPSA) is 61.6 Å². The molecule has 0 unspecified atom stereocenters. The lowest BCUT2D eigenvalue weighted by molar-refractivity contribution is 0.0466. The third kappa shape index (κ3) is 3.49. The molecule has 0 fully saturated rings. The highest BCUT2D eigenvalue weighted by Crippen LogP contribution is 2.27. The van der Waals surface area contributed by atoms with Crippen LogP contribution < -0.4 is 4.74 Å². The van der Waals surface area contributed by atoms with Crippen molar-refractivity contribution in [3.05, 3.63) is 58.5 Å². The normalized spacial score (nSPS) is 10.6. The second-order valence-corrected chi connectivity index (χ2v) is 6.14. The number of carbonyl (C=O) groups is 1. The predicted molar refractivity (Wildman–Crippen MR) is 91.4 cm³/mol. The molecule has 24 heavy (non-hydrogen) atoms. The number of nitrogens with zero attached hydrogens (tertiary/aromatic N) is 1. The van der Waals surface area contributed by atoms with Crippen LogP contribution in [0, 0.1) is 13.8 Å². The number of thiazole rings is 1. The molecule has 0 aliphatic heterocycles. The molecule has 0 saturated carbocycles. The van der Waals surface area contributed by atoms with Gasteiger partial charge in [0.1, 0.15) is 34.4 Å². The third-order valence-electron chi connectivity index (χ3n) is 3.48. The first-order valence-electron chi connectivity index (χ1n) is 7.40. The number of aryl methyl sites for hydroxylation is 2. The molecular formula is C18H17NO4S. The highest BCUT2D eigenvalue weighted by molar-refractivity contribution is 7.13. The fourth-order valence-corrected chi connectivity index (χ4v) is 3.11. The van der Waals surface area contributed by atoms with Gasteiger partial charge >= 0.3 is 5.97 Å². The third-order valence-corrected chi connectivity index (χ3v) is 4.42. The molecule has 2 aromatic heterocycles. The first-order valence-corrected chi connectivity index (χ1v) is 8.28. The van der Waals surface area contributed by atoms with E-state index in [1.807, 2.05) is 29.6 Å². The van der Waals surface area contributed by atoms with Gasteiger partial charge in [0.2, 0.25) is 0 Å². The van der Waals surface area contributed by atoms with Crippen molar-refractivity contribution in [1.82, 2.24) is 4.98 Å². The van der Waals surface area contributed by atoms with Crippen molar-refractivity contribution >= 4 is 17.3 Å². The van der Waals surface area contributed by atoms with Crippen LogP contribution >= 0.6 is 11.3 Å². The highest BCUT2D eigenvalue weighted by Gasteiger charge is 2.15. The van der Waals surface area contributed by atoms with Crippen LogP contribution in [0.3, 0.4) is 0 Å². The molecule has 3 rings (SSSR count). The number of furan rings is 1. The fraction of sp³-hybridized carbons (Fsp3) is 0.222. The molecule has 0 radical (unpaired) electrons. The van der Waals surface area contributed by atoms with Crippen LogP contribution in [0.2, 0.25) is 0 Å². The molecule has 0 N–H and O–H groups in total. The van der Waals surface area contributed by atoms with Crippen LogP contribution in [0.5, 0.6) is 5.75 Å². The van der Waals surface area contributed by atoms with Gasteiger partial charge in [0.15, 0.2) is 0 Å². The number of hydrogen-bond acceptors (Lipinski definition) is 6. The van der Waals surface area contributed by atoms with E-state index in [1.165, 1.54) is 11.3 Å². The first-order chi connectivity index (χ1) is 11.6. The summed E-state index contributed by atoms with van der Waals surface area (Å²) in [5.74, 6) is 1.63. The largest absolute Gasteiger partial charge is 0.497 e. The summed E-state index contributed by atoms with van der Waals surface area (Å²) in [4.78, 5) is 16.6. The van der Waals surface area contributed by atoms with Crippen molar-refractivity contribution < 1.29 is 18.7 Å². The second kappa shape index (κ2) is 6.88. The average molecular weight is 343 g/mol. The molecule has 0 spiro atoms. The number of methoxy groups -OCH3 is 1. The molecule has 0 aliphatic carbocycles. The van der Waals surface area contributed by atoms with Crippen molar-refractivity contribution in [1.29, 1.82) is 0 Å². The van der Waals surface area contributed by atoms with Crippen LogP contribution in [-0.4, -0.2) is 18.1 Å². The molecular weight excluding hydrogens is 326 g/mol. The van der Waals surface area contributed by atoms with Crippen LogP contribution in [0.1, 0.15) is 27.6 Å². The van der Waals surface area contributed by atoms with Gasteiger partial charge in [-0.2, -0.15) is 0 Å². The molecule has 3 aromatic rings. The molecule has 5 nitrogen and oxygen atoms in total. The van der Waals surface area contributed by atoms with E-state index in [2.05, 4.69) is 4.98 Å². The molecule has 0 saturated heterocycles. The van der Waals surface area contributed by atoms with Crippen LogP contribution in [0.25, 0.3) is 10.6 Å². The van der Waals surface area contributed by atoms with Crippen LogP contribution in [0.15, 0.2) is 40.1 Å². The first kappa shape index (κ1) is 16.3. The summed E-state index contributed by atoms with van der Waals surface area (Å²) < 4.78 is 15.9. The number of esters is 1. The van der Waals surface area contributed by atoms with E-state index < -0.39 is 5.97 Å². The van der Waals surface area contributed by atoms with Gasteiger partial charge in [-0.25, -0.2) is 9.78 Å². The minimum absolute atomic E-state index is 0.128. The predicted octanol–water partition coefficient (Wildman–Crippen LogP) is 4.39. The van der Waals surface area contributed by atoms with E-state index in [1.54, 1.807) is 27.0 Å². The summed E-state index contributed by atoms with van der Waals surface area (Å²) in [5, 5.41) is 2.74. The van der Waals surface area contributed by atoms with Gasteiger partial charge in [0, 0.05) is 10.9 Å². The van der Waals surface area contributed by atoms with Crippen molar-refractivity contribution in [2.75, 3.05) is 7.11 Å². The summed E-state index contributed by atoms with van der Waals surface area (Å²) in [7, 11) is 1.63. The Morgan fingerprint density at radius 1 is 1.29 bits per heavy atom. The number of hydrogen-bond donors (Lipinski definition) is 0. The van der Waals surface area contributed by atoms with Gasteiger partial charge in [-0.1, -0.05) is 12.1 Å². The zero-order valence-corrected chi connectivity index (χ0v) is 14.5. The maximum atomic E-state index is 12.1. The number of ether oxygens (including phenoxy) is 2. The molecule has 0 atom stereocenters. The van der Waals surface area contributed by atoms with Gasteiger partial charge in [0.25, 0.3) is 0 Å². The Balaban J connectivity index is 1.68. The van der Waals surface area contributed by atoms with E-state index in [9.17, 15) is 4.79 Å². The van der Waals surface area contributed by atoms with E-state index in [0.717, 1.165) is 16.3 Å². The highest BCUT2D eigenvalue weighted by atomic mass is 32.1. The molecule has 6 heteroatoms. The van der Waals surface area contributed by atoms with Crippen LogP contribution in [0.4, 0.5) is 0 Å². The summed E-state index contributed by atoms with van der Waals surface area (Å²) >= 11 is 1.50. The molecule has 0 bridgehead atoms. The minimum atomic E-state index is -0.403. The minimum Gasteiger partial charge on any atom is -0.497 e. The van der Waals surface area contributed by atoms with Gasteiger partial charge in [-0.15, -0.1) is 11.3 Å². The van der Waals surface area contributed by atoms with E-state index in [0.29, 0.717) is 22.8 Å². The maximum Gasteiger partial charge on any atom is 0.342 e.